The fourth-order valence-electron chi connectivity index (χ4n) is 1.49. The number of benzene rings is 1. The van der Waals surface area contributed by atoms with Gasteiger partial charge in [0.25, 0.3) is 0 Å². The summed E-state index contributed by atoms with van der Waals surface area (Å²) in [7, 11) is 0. The van der Waals surface area contributed by atoms with E-state index in [0.29, 0.717) is 12.3 Å². The maximum atomic E-state index is 8.84. The summed E-state index contributed by atoms with van der Waals surface area (Å²) in [5.74, 6) is 1.88. The number of hydrogen-bond donors (Lipinski definition) is 1. The molecule has 1 aromatic rings. The minimum Gasteiger partial charge on any atom is -0.493 e. The van der Waals surface area contributed by atoms with Crippen molar-refractivity contribution in [2.24, 2.45) is 5.16 Å². The molecule has 17 heavy (non-hydrogen) atoms. The number of oxime groups is 1. The number of rotatable bonds is 6. The second kappa shape index (κ2) is 7.22. The van der Waals surface area contributed by atoms with Gasteiger partial charge in [-0.1, -0.05) is 16.8 Å². The van der Waals surface area contributed by atoms with Gasteiger partial charge in [-0.2, -0.15) is 11.8 Å². The topological polar surface area (TPSA) is 41.8 Å². The highest BCUT2D eigenvalue weighted by Crippen LogP contribution is 2.21. The maximum absolute atomic E-state index is 8.84. The summed E-state index contributed by atoms with van der Waals surface area (Å²) >= 11 is 1.81. The molecule has 0 aliphatic rings. The van der Waals surface area contributed by atoms with Crippen molar-refractivity contribution < 1.29 is 9.94 Å². The summed E-state index contributed by atoms with van der Waals surface area (Å²) < 4.78 is 5.71. The molecule has 4 heteroatoms. The summed E-state index contributed by atoms with van der Waals surface area (Å²) in [5, 5.41) is 12.1. The van der Waals surface area contributed by atoms with E-state index in [1.807, 2.05) is 36.9 Å². The number of nitrogens with zero attached hydrogens (tertiary/aromatic N) is 1. The lowest BCUT2D eigenvalue weighted by atomic mass is 10.1. The van der Waals surface area contributed by atoms with Gasteiger partial charge in [0.05, 0.1) is 12.3 Å². The Morgan fingerprint density at radius 1 is 1.47 bits per heavy atom. The Morgan fingerprint density at radius 3 is 2.88 bits per heavy atom. The lowest BCUT2D eigenvalue weighted by Crippen LogP contribution is -2.04. The van der Waals surface area contributed by atoms with Crippen molar-refractivity contribution in [1.29, 1.82) is 0 Å². The van der Waals surface area contributed by atoms with Gasteiger partial charge in [-0.05, 0) is 44.4 Å². The molecule has 0 radical (unpaired) electrons. The van der Waals surface area contributed by atoms with Crippen molar-refractivity contribution in [3.05, 3.63) is 29.3 Å². The zero-order valence-electron chi connectivity index (χ0n) is 10.6. The van der Waals surface area contributed by atoms with E-state index in [9.17, 15) is 0 Å². The molecule has 0 fully saturated rings. The molecule has 0 atom stereocenters. The van der Waals surface area contributed by atoms with Crippen LogP contribution in [0.2, 0.25) is 0 Å². The van der Waals surface area contributed by atoms with Crippen LogP contribution >= 0.6 is 11.8 Å². The van der Waals surface area contributed by atoms with E-state index in [0.717, 1.165) is 29.1 Å². The van der Waals surface area contributed by atoms with Crippen LogP contribution < -0.4 is 4.74 Å². The lowest BCUT2D eigenvalue weighted by Gasteiger charge is -2.11. The van der Waals surface area contributed by atoms with Crippen molar-refractivity contribution in [1.82, 2.24) is 0 Å². The van der Waals surface area contributed by atoms with Crippen LogP contribution in [0.4, 0.5) is 0 Å². The third kappa shape index (κ3) is 4.30. The normalized spacial score (nSPS) is 11.6. The molecule has 0 unspecified atom stereocenters. The number of aryl methyl sites for hydroxylation is 1. The molecule has 0 saturated heterocycles. The van der Waals surface area contributed by atoms with E-state index < -0.39 is 0 Å². The van der Waals surface area contributed by atoms with Crippen LogP contribution in [0.3, 0.4) is 0 Å². The molecule has 1 aromatic carbocycles. The van der Waals surface area contributed by atoms with Gasteiger partial charge in [-0.25, -0.2) is 0 Å². The van der Waals surface area contributed by atoms with E-state index in [1.165, 1.54) is 0 Å². The standard InChI is InChI=1S/C13H19NO2S/c1-10-5-6-13(16-7-4-8-17-3)12(9-10)11(2)14-15/h5-6,9,15H,4,7-8H2,1-3H3/b14-11+. The second-order valence-electron chi connectivity index (χ2n) is 3.88. The van der Waals surface area contributed by atoms with Crippen molar-refractivity contribution in [3.8, 4) is 5.75 Å². The third-order valence-electron chi connectivity index (χ3n) is 2.43. The van der Waals surface area contributed by atoms with Gasteiger partial charge in [-0.15, -0.1) is 0 Å². The molecule has 0 heterocycles. The van der Waals surface area contributed by atoms with Crippen molar-refractivity contribution in [2.75, 3.05) is 18.6 Å². The van der Waals surface area contributed by atoms with Gasteiger partial charge in [0, 0.05) is 5.56 Å². The molecule has 0 saturated carbocycles. The zero-order chi connectivity index (χ0) is 12.7. The van der Waals surface area contributed by atoms with Crippen LogP contribution in [0.15, 0.2) is 23.4 Å². The molecule has 0 aliphatic heterocycles. The monoisotopic (exact) mass is 253 g/mol. The fraction of sp³-hybridized carbons (Fsp3) is 0.462. The first-order valence-electron chi connectivity index (χ1n) is 5.60. The fourth-order valence-corrected chi connectivity index (χ4v) is 1.90. The Morgan fingerprint density at radius 2 is 2.24 bits per heavy atom. The highest BCUT2D eigenvalue weighted by Gasteiger charge is 2.07. The quantitative estimate of drug-likeness (QED) is 0.366. The smallest absolute Gasteiger partial charge is 0.128 e. The van der Waals surface area contributed by atoms with E-state index in [1.54, 1.807) is 6.92 Å². The van der Waals surface area contributed by atoms with Gasteiger partial charge in [0.2, 0.25) is 0 Å². The van der Waals surface area contributed by atoms with Gasteiger partial charge < -0.3 is 9.94 Å². The van der Waals surface area contributed by atoms with Crippen molar-refractivity contribution in [2.45, 2.75) is 20.3 Å². The van der Waals surface area contributed by atoms with Crippen LogP contribution in [0.25, 0.3) is 0 Å². The molecule has 3 nitrogen and oxygen atoms in total. The molecule has 0 bridgehead atoms. The molecule has 0 aromatic heterocycles. The van der Waals surface area contributed by atoms with Crippen LogP contribution in [0, 0.1) is 6.92 Å². The first-order valence-corrected chi connectivity index (χ1v) is 7.00. The van der Waals surface area contributed by atoms with Gasteiger partial charge in [-0.3, -0.25) is 0 Å². The van der Waals surface area contributed by atoms with E-state index in [-0.39, 0.29) is 0 Å². The van der Waals surface area contributed by atoms with Gasteiger partial charge in [0.15, 0.2) is 0 Å². The lowest BCUT2D eigenvalue weighted by molar-refractivity contribution is 0.312. The van der Waals surface area contributed by atoms with Crippen molar-refractivity contribution in [3.63, 3.8) is 0 Å². The second-order valence-corrected chi connectivity index (χ2v) is 4.87. The molecule has 1 rings (SSSR count). The zero-order valence-corrected chi connectivity index (χ0v) is 11.4. The molecular weight excluding hydrogens is 234 g/mol. The summed E-state index contributed by atoms with van der Waals surface area (Å²) in [4.78, 5) is 0. The Balaban J connectivity index is 2.76. The van der Waals surface area contributed by atoms with E-state index in [4.69, 9.17) is 9.94 Å². The Kier molecular flexibility index (Phi) is 5.91. The largest absolute Gasteiger partial charge is 0.493 e. The Bertz CT molecular complexity index is 391. The average Bonchev–Trinajstić information content (AvgIpc) is 2.35. The number of ether oxygens (including phenoxy) is 1. The van der Waals surface area contributed by atoms with Crippen molar-refractivity contribution >= 4 is 17.5 Å². The minimum atomic E-state index is 0.577. The average molecular weight is 253 g/mol. The first kappa shape index (κ1) is 13.9. The molecule has 0 amide bonds. The predicted molar refractivity (Wildman–Crippen MR) is 73.7 cm³/mol. The molecule has 0 spiro atoms. The van der Waals surface area contributed by atoms with E-state index >= 15 is 0 Å². The first-order chi connectivity index (χ1) is 8.19. The predicted octanol–water partition coefficient (Wildman–Crippen LogP) is 3.33. The van der Waals surface area contributed by atoms with Crippen LogP contribution in [-0.2, 0) is 0 Å². The Labute approximate surface area is 107 Å². The minimum absolute atomic E-state index is 0.577. The molecule has 94 valence electrons. The molecule has 1 N–H and O–H groups in total. The molecule has 0 aliphatic carbocycles. The van der Waals surface area contributed by atoms with Crippen LogP contribution in [0.1, 0.15) is 24.5 Å². The van der Waals surface area contributed by atoms with Crippen LogP contribution in [-0.4, -0.2) is 29.5 Å². The molecular formula is C13H19NO2S. The highest BCUT2D eigenvalue weighted by molar-refractivity contribution is 7.98. The summed E-state index contributed by atoms with van der Waals surface area (Å²) in [6.45, 7) is 4.46. The van der Waals surface area contributed by atoms with Crippen LogP contribution in [0.5, 0.6) is 5.75 Å². The highest BCUT2D eigenvalue weighted by atomic mass is 32.2. The summed E-state index contributed by atoms with van der Waals surface area (Å²) in [6, 6.07) is 5.90. The maximum Gasteiger partial charge on any atom is 0.128 e. The number of thioether (sulfide) groups is 1. The summed E-state index contributed by atoms with van der Waals surface area (Å²) in [6.07, 6.45) is 3.10. The third-order valence-corrected chi connectivity index (χ3v) is 3.12. The van der Waals surface area contributed by atoms with Gasteiger partial charge >= 0.3 is 0 Å². The van der Waals surface area contributed by atoms with Gasteiger partial charge in [0.1, 0.15) is 5.75 Å². The summed E-state index contributed by atoms with van der Waals surface area (Å²) in [5.41, 5.74) is 2.56. The van der Waals surface area contributed by atoms with E-state index in [2.05, 4.69) is 11.4 Å². The number of hydrogen-bond acceptors (Lipinski definition) is 4. The SMILES string of the molecule is CSCCCOc1ccc(C)cc1/C(C)=N/O. The Hall–Kier alpha value is -1.16.